The highest BCUT2D eigenvalue weighted by molar-refractivity contribution is 5.88. The molecular formula is C30H28N8O2. The number of carbonyl (C=O) groups excluding carboxylic acids is 1. The molecule has 10 heteroatoms. The van der Waals surface area contributed by atoms with Gasteiger partial charge in [-0.25, -0.2) is 24.5 Å². The minimum absolute atomic E-state index is 0.0183. The van der Waals surface area contributed by atoms with Crippen LogP contribution in [0.5, 0.6) is 11.5 Å². The van der Waals surface area contributed by atoms with Gasteiger partial charge in [0.05, 0.1) is 5.52 Å². The molecule has 2 fully saturated rings. The monoisotopic (exact) mass is 532 g/mol. The maximum atomic E-state index is 12.2. The SMILES string of the molecule is C=CC(=O)N1CC2CCC(C1)C2c1ccc2ncnc(Nc3ccc(Oc4ccn5ncnc5c4)c(C)c3)c2n1. The van der Waals surface area contributed by atoms with Crippen LogP contribution in [0.4, 0.5) is 11.5 Å². The highest BCUT2D eigenvalue weighted by Gasteiger charge is 2.44. The number of nitrogens with zero attached hydrogens (tertiary/aromatic N) is 7. The normalized spacial score (nSPS) is 20.1. The van der Waals surface area contributed by atoms with Gasteiger partial charge in [0, 0.05) is 42.7 Å². The number of carbonyl (C=O) groups is 1. The van der Waals surface area contributed by atoms with E-state index in [0.29, 0.717) is 29.3 Å². The standard InChI is InChI=1S/C30H28N8O2/c1-3-27(39)37-14-19-4-5-20(15-37)28(19)23-7-8-24-29(36-23)30(33-16-31-24)35-21-6-9-25(18(2)12-21)40-22-10-11-38-26(13-22)32-17-34-38/h3,6-13,16-17,19-20,28H,1,4-5,14-15H2,2H3,(H,31,33,35). The average molecular weight is 533 g/mol. The Kier molecular flexibility index (Phi) is 5.87. The summed E-state index contributed by atoms with van der Waals surface area (Å²) in [6.07, 6.45) is 8.51. The molecule has 10 nitrogen and oxygen atoms in total. The van der Waals surface area contributed by atoms with Crippen LogP contribution in [0.3, 0.4) is 0 Å². The number of ether oxygens (including phenoxy) is 1. The largest absolute Gasteiger partial charge is 0.457 e. The Bertz CT molecular complexity index is 1750. The number of anilines is 2. The number of hydrogen-bond acceptors (Lipinski definition) is 8. The van der Waals surface area contributed by atoms with Gasteiger partial charge in [-0.2, -0.15) is 5.10 Å². The molecule has 1 amide bonds. The molecule has 1 aliphatic heterocycles. The number of benzene rings is 1. The molecule has 40 heavy (non-hydrogen) atoms. The molecule has 1 N–H and O–H groups in total. The van der Waals surface area contributed by atoms with Crippen molar-refractivity contribution in [3.63, 3.8) is 0 Å². The minimum atomic E-state index is 0.0183. The first-order valence-corrected chi connectivity index (χ1v) is 13.4. The Balaban J connectivity index is 1.13. The summed E-state index contributed by atoms with van der Waals surface area (Å²) in [5.41, 5.74) is 5.14. The van der Waals surface area contributed by atoms with Crippen molar-refractivity contribution < 1.29 is 9.53 Å². The van der Waals surface area contributed by atoms with Crippen molar-refractivity contribution in [1.29, 1.82) is 0 Å². The zero-order chi connectivity index (χ0) is 27.2. The van der Waals surface area contributed by atoms with Gasteiger partial charge >= 0.3 is 0 Å². The molecule has 1 aliphatic carbocycles. The van der Waals surface area contributed by atoms with E-state index in [4.69, 9.17) is 9.72 Å². The van der Waals surface area contributed by atoms with E-state index in [9.17, 15) is 4.79 Å². The first-order valence-electron chi connectivity index (χ1n) is 13.4. The summed E-state index contributed by atoms with van der Waals surface area (Å²) in [6.45, 7) is 7.17. The predicted octanol–water partition coefficient (Wildman–Crippen LogP) is 5.05. The van der Waals surface area contributed by atoms with Crippen molar-refractivity contribution >= 4 is 34.1 Å². The van der Waals surface area contributed by atoms with Crippen LogP contribution in [-0.2, 0) is 4.79 Å². The van der Waals surface area contributed by atoms with Gasteiger partial charge in [-0.05, 0) is 79.6 Å². The number of rotatable bonds is 6. The third-order valence-electron chi connectivity index (χ3n) is 8.08. The minimum Gasteiger partial charge on any atom is -0.457 e. The van der Waals surface area contributed by atoms with Gasteiger partial charge in [-0.15, -0.1) is 0 Å². The van der Waals surface area contributed by atoms with Crippen LogP contribution in [0.15, 0.2) is 74.0 Å². The molecule has 7 rings (SSSR count). The Labute approximate surface area is 230 Å². The van der Waals surface area contributed by atoms with E-state index in [1.807, 2.05) is 54.4 Å². The number of likely N-dealkylation sites (tertiary alicyclic amines) is 1. The molecule has 2 bridgehead atoms. The van der Waals surface area contributed by atoms with Gasteiger partial charge in [-0.3, -0.25) is 4.79 Å². The quantitative estimate of drug-likeness (QED) is 0.303. The van der Waals surface area contributed by atoms with Crippen LogP contribution in [0.1, 0.15) is 30.0 Å². The first-order chi connectivity index (χ1) is 19.6. The van der Waals surface area contributed by atoms with Crippen LogP contribution in [0.2, 0.25) is 0 Å². The number of aromatic nitrogens is 6. The molecule has 1 saturated heterocycles. The molecule has 0 radical (unpaired) electrons. The van der Waals surface area contributed by atoms with Crippen molar-refractivity contribution in [3.8, 4) is 11.5 Å². The number of amides is 1. The van der Waals surface area contributed by atoms with E-state index in [1.54, 1.807) is 10.8 Å². The predicted molar refractivity (Wildman–Crippen MR) is 151 cm³/mol. The maximum Gasteiger partial charge on any atom is 0.245 e. The second-order valence-electron chi connectivity index (χ2n) is 10.5. The molecule has 1 saturated carbocycles. The summed E-state index contributed by atoms with van der Waals surface area (Å²) in [6, 6.07) is 13.7. The molecule has 2 unspecified atom stereocenters. The van der Waals surface area contributed by atoms with Gasteiger partial charge in [0.15, 0.2) is 11.5 Å². The molecule has 200 valence electrons. The molecule has 5 heterocycles. The van der Waals surface area contributed by atoms with Crippen LogP contribution in [-0.4, -0.2) is 53.4 Å². The van der Waals surface area contributed by atoms with E-state index in [-0.39, 0.29) is 5.91 Å². The third-order valence-corrected chi connectivity index (χ3v) is 8.08. The average Bonchev–Trinajstić information content (AvgIpc) is 3.54. The lowest BCUT2D eigenvalue weighted by molar-refractivity contribution is -0.128. The number of aryl methyl sites for hydroxylation is 1. The second kappa shape index (κ2) is 9.71. The second-order valence-corrected chi connectivity index (χ2v) is 10.5. The lowest BCUT2D eigenvalue weighted by Gasteiger charge is -2.37. The Morgan fingerprint density at radius 1 is 1.05 bits per heavy atom. The highest BCUT2D eigenvalue weighted by Crippen LogP contribution is 2.47. The van der Waals surface area contributed by atoms with E-state index in [2.05, 4.69) is 38.0 Å². The zero-order valence-corrected chi connectivity index (χ0v) is 22.1. The summed E-state index contributed by atoms with van der Waals surface area (Å²) in [4.78, 5) is 32.5. The van der Waals surface area contributed by atoms with E-state index in [1.165, 1.54) is 12.4 Å². The van der Waals surface area contributed by atoms with Crippen LogP contribution in [0.25, 0.3) is 16.7 Å². The summed E-state index contributed by atoms with van der Waals surface area (Å²) in [7, 11) is 0. The molecule has 0 spiro atoms. The number of piperidine rings is 1. The summed E-state index contributed by atoms with van der Waals surface area (Å²) >= 11 is 0. The number of fused-ring (bicyclic) bond motifs is 4. The topological polar surface area (TPSA) is 110 Å². The number of nitrogens with one attached hydrogen (secondary N) is 1. The zero-order valence-electron chi connectivity index (χ0n) is 22.1. The van der Waals surface area contributed by atoms with Crippen LogP contribution in [0, 0.1) is 18.8 Å². The van der Waals surface area contributed by atoms with Gasteiger partial charge in [0.1, 0.15) is 29.7 Å². The van der Waals surface area contributed by atoms with Crippen molar-refractivity contribution in [2.75, 3.05) is 18.4 Å². The number of pyridine rings is 2. The molecule has 1 aromatic carbocycles. The number of hydrogen-bond donors (Lipinski definition) is 1. The first kappa shape index (κ1) is 24.2. The lowest BCUT2D eigenvalue weighted by Crippen LogP contribution is -2.43. The van der Waals surface area contributed by atoms with Crippen molar-refractivity contribution in [3.05, 3.63) is 85.2 Å². The van der Waals surface area contributed by atoms with Gasteiger partial charge in [0.2, 0.25) is 5.91 Å². The Morgan fingerprint density at radius 2 is 1.90 bits per heavy atom. The fourth-order valence-electron chi connectivity index (χ4n) is 6.21. The van der Waals surface area contributed by atoms with Gasteiger partial charge in [-0.1, -0.05) is 6.58 Å². The van der Waals surface area contributed by atoms with Gasteiger partial charge in [0.25, 0.3) is 0 Å². The summed E-state index contributed by atoms with van der Waals surface area (Å²) in [5, 5.41) is 7.56. The van der Waals surface area contributed by atoms with E-state index < -0.39 is 0 Å². The maximum absolute atomic E-state index is 12.2. The van der Waals surface area contributed by atoms with Crippen molar-refractivity contribution in [2.24, 2.45) is 11.8 Å². The highest BCUT2D eigenvalue weighted by atomic mass is 16.5. The summed E-state index contributed by atoms with van der Waals surface area (Å²) < 4.78 is 7.81. The molecule has 2 aliphatic rings. The Morgan fingerprint density at radius 3 is 2.70 bits per heavy atom. The Hall–Kier alpha value is -4.86. The molecule has 2 atom stereocenters. The summed E-state index contributed by atoms with van der Waals surface area (Å²) in [5.74, 6) is 3.23. The lowest BCUT2D eigenvalue weighted by atomic mass is 9.82. The fraction of sp³-hybridized carbons (Fsp3) is 0.267. The van der Waals surface area contributed by atoms with Crippen LogP contribution >= 0.6 is 0 Å². The molecular weight excluding hydrogens is 504 g/mol. The van der Waals surface area contributed by atoms with Crippen molar-refractivity contribution in [2.45, 2.75) is 25.7 Å². The van der Waals surface area contributed by atoms with Crippen LogP contribution < -0.4 is 10.1 Å². The van der Waals surface area contributed by atoms with Gasteiger partial charge < -0.3 is 15.0 Å². The molecule has 4 aromatic heterocycles. The van der Waals surface area contributed by atoms with E-state index in [0.717, 1.165) is 65.3 Å². The smallest absolute Gasteiger partial charge is 0.245 e. The van der Waals surface area contributed by atoms with Crippen molar-refractivity contribution in [1.82, 2.24) is 34.4 Å². The molecule has 5 aromatic rings. The third kappa shape index (κ3) is 4.31. The van der Waals surface area contributed by atoms with E-state index >= 15 is 0 Å². The fourth-order valence-corrected chi connectivity index (χ4v) is 6.21.